The molecule has 10 heavy (non-hydrogen) atoms. The minimum absolute atomic E-state index is 0.00792. The number of carbonyl (C=O) groups is 1. The molecule has 0 aromatic rings. The highest BCUT2D eigenvalue weighted by molar-refractivity contribution is 5.83. The number of nitrogens with one attached hydrogen (secondary N) is 1. The number of nitrogens with two attached hydrogens (primary N) is 1. The molecule has 3 nitrogen and oxygen atoms in total. The van der Waals surface area contributed by atoms with E-state index in [0.717, 1.165) is 13.0 Å². The Morgan fingerprint density at radius 1 is 1.70 bits per heavy atom. The largest absolute Gasteiger partial charge is 0.327 e. The Balaban J connectivity index is 2.46. The highest BCUT2D eigenvalue weighted by Gasteiger charge is 2.18. The maximum atomic E-state index is 11.0. The second kappa shape index (κ2) is 3.12. The third kappa shape index (κ3) is 1.78. The third-order valence-corrected chi connectivity index (χ3v) is 1.93. The van der Waals surface area contributed by atoms with Gasteiger partial charge < -0.3 is 11.1 Å². The normalized spacial score (nSPS) is 35.6. The Hall–Kier alpha value is -0.410. The summed E-state index contributed by atoms with van der Waals surface area (Å²) in [7, 11) is 0. The molecule has 0 bridgehead atoms. The molecule has 0 aliphatic carbocycles. The molecular weight excluding hydrogens is 128 g/mol. The van der Waals surface area contributed by atoms with Crippen LogP contribution >= 0.6 is 0 Å². The average molecular weight is 142 g/mol. The summed E-state index contributed by atoms with van der Waals surface area (Å²) < 4.78 is 0. The molecule has 1 saturated heterocycles. The van der Waals surface area contributed by atoms with Crippen LogP contribution in [0.4, 0.5) is 0 Å². The zero-order chi connectivity index (χ0) is 7.56. The second-order valence-electron chi connectivity index (χ2n) is 2.90. The molecule has 0 aromatic carbocycles. The first kappa shape index (κ1) is 7.69. The Kier molecular flexibility index (Phi) is 2.40. The van der Waals surface area contributed by atoms with E-state index in [1.807, 2.05) is 6.92 Å². The summed E-state index contributed by atoms with van der Waals surface area (Å²) in [5, 5.41) is 3.07. The summed E-state index contributed by atoms with van der Waals surface area (Å²) >= 11 is 0. The lowest BCUT2D eigenvalue weighted by molar-refractivity contribution is -0.120. The molecule has 0 amide bonds. The smallest absolute Gasteiger partial charge is 0.149 e. The highest BCUT2D eigenvalue weighted by Crippen LogP contribution is 2.03. The van der Waals surface area contributed by atoms with Gasteiger partial charge in [0.1, 0.15) is 5.78 Å². The van der Waals surface area contributed by atoms with Crippen molar-refractivity contribution in [2.75, 3.05) is 6.54 Å². The highest BCUT2D eigenvalue weighted by atomic mass is 16.1. The summed E-state index contributed by atoms with van der Waals surface area (Å²) in [4.78, 5) is 11.0. The van der Waals surface area contributed by atoms with Crippen LogP contribution in [0.3, 0.4) is 0 Å². The molecule has 2 atom stereocenters. The average Bonchev–Trinajstić information content (AvgIpc) is 2.04. The number of carbonyl (C=O) groups excluding carboxylic acids is 1. The van der Waals surface area contributed by atoms with Crippen molar-refractivity contribution >= 4 is 5.78 Å². The fourth-order valence-corrected chi connectivity index (χ4v) is 1.09. The van der Waals surface area contributed by atoms with Crippen molar-refractivity contribution in [1.29, 1.82) is 0 Å². The number of Topliss-reactive ketones (excluding diaryl/α,β-unsaturated/α-hetero) is 1. The van der Waals surface area contributed by atoms with Crippen LogP contribution in [0.2, 0.25) is 0 Å². The van der Waals surface area contributed by atoms with Gasteiger partial charge in [0.2, 0.25) is 0 Å². The fourth-order valence-electron chi connectivity index (χ4n) is 1.09. The number of rotatable bonds is 0. The molecule has 3 heteroatoms. The maximum absolute atomic E-state index is 11.0. The van der Waals surface area contributed by atoms with Crippen molar-refractivity contribution in [2.24, 2.45) is 5.73 Å². The molecule has 58 valence electrons. The first-order chi connectivity index (χ1) is 4.70. The Morgan fingerprint density at radius 2 is 2.40 bits per heavy atom. The van der Waals surface area contributed by atoms with Gasteiger partial charge in [0.15, 0.2) is 0 Å². The SMILES string of the molecule is C[C@@H]1NC[C@@H](N)CCC1=O. The minimum Gasteiger partial charge on any atom is -0.327 e. The Labute approximate surface area is 61.0 Å². The standard InChI is InChI=1S/C7H14N2O/c1-5-7(10)3-2-6(8)4-9-5/h5-6,9H,2-4,8H2,1H3/t5-,6-/m0/s1. The molecule has 0 aromatic heterocycles. The van der Waals surface area contributed by atoms with E-state index in [1.165, 1.54) is 0 Å². The minimum atomic E-state index is 0.00792. The summed E-state index contributed by atoms with van der Waals surface area (Å²) in [6, 6.07) is 0.169. The maximum Gasteiger partial charge on any atom is 0.149 e. The van der Waals surface area contributed by atoms with Crippen molar-refractivity contribution in [2.45, 2.75) is 31.8 Å². The molecule has 1 rings (SSSR count). The van der Waals surface area contributed by atoms with Crippen molar-refractivity contribution in [3.8, 4) is 0 Å². The van der Waals surface area contributed by atoms with Crippen LogP contribution in [0, 0.1) is 0 Å². The van der Waals surface area contributed by atoms with E-state index in [-0.39, 0.29) is 17.9 Å². The zero-order valence-electron chi connectivity index (χ0n) is 6.26. The van der Waals surface area contributed by atoms with E-state index in [1.54, 1.807) is 0 Å². The lowest BCUT2D eigenvalue weighted by Crippen LogP contribution is -2.37. The molecule has 0 saturated carbocycles. The monoisotopic (exact) mass is 142 g/mol. The summed E-state index contributed by atoms with van der Waals surface area (Å²) in [6.45, 7) is 2.66. The molecule has 1 aliphatic rings. The number of hydrogen-bond donors (Lipinski definition) is 2. The van der Waals surface area contributed by atoms with Gasteiger partial charge in [-0.15, -0.1) is 0 Å². The summed E-state index contributed by atoms with van der Waals surface area (Å²) in [5.74, 6) is 0.285. The van der Waals surface area contributed by atoms with Crippen LogP contribution in [0.1, 0.15) is 19.8 Å². The van der Waals surface area contributed by atoms with Crippen molar-refractivity contribution in [1.82, 2.24) is 5.32 Å². The third-order valence-electron chi connectivity index (χ3n) is 1.93. The second-order valence-corrected chi connectivity index (χ2v) is 2.90. The summed E-state index contributed by atoms with van der Waals surface area (Å²) in [5.41, 5.74) is 5.64. The number of hydrogen-bond acceptors (Lipinski definition) is 3. The predicted octanol–water partition coefficient (Wildman–Crippen LogP) is -0.345. The number of ketones is 1. The van der Waals surface area contributed by atoms with Crippen molar-refractivity contribution in [3.63, 3.8) is 0 Å². The van der Waals surface area contributed by atoms with Gasteiger partial charge in [-0.3, -0.25) is 4.79 Å². The summed E-state index contributed by atoms with van der Waals surface area (Å²) in [6.07, 6.45) is 1.46. The first-order valence-electron chi connectivity index (χ1n) is 3.72. The van der Waals surface area contributed by atoms with E-state index in [0.29, 0.717) is 6.42 Å². The van der Waals surface area contributed by atoms with E-state index in [4.69, 9.17) is 5.73 Å². The van der Waals surface area contributed by atoms with E-state index in [2.05, 4.69) is 5.32 Å². The molecule has 1 heterocycles. The quantitative estimate of drug-likeness (QED) is 0.486. The molecule has 3 N–H and O–H groups in total. The molecule has 0 radical (unpaired) electrons. The van der Waals surface area contributed by atoms with Crippen LogP contribution in [0.15, 0.2) is 0 Å². The lowest BCUT2D eigenvalue weighted by Gasteiger charge is -2.08. The fraction of sp³-hybridized carbons (Fsp3) is 0.857. The van der Waals surface area contributed by atoms with Gasteiger partial charge in [-0.25, -0.2) is 0 Å². The molecule has 0 spiro atoms. The molecule has 1 aliphatic heterocycles. The van der Waals surface area contributed by atoms with Crippen LogP contribution in [0.5, 0.6) is 0 Å². The topological polar surface area (TPSA) is 55.1 Å². The lowest BCUT2D eigenvalue weighted by atomic mass is 10.1. The van der Waals surface area contributed by atoms with Gasteiger partial charge >= 0.3 is 0 Å². The first-order valence-corrected chi connectivity index (χ1v) is 3.72. The van der Waals surface area contributed by atoms with Crippen LogP contribution in [-0.4, -0.2) is 24.4 Å². The van der Waals surface area contributed by atoms with Gasteiger partial charge in [-0.05, 0) is 13.3 Å². The van der Waals surface area contributed by atoms with Crippen molar-refractivity contribution < 1.29 is 4.79 Å². The molecular formula is C7H14N2O. The molecule has 1 fully saturated rings. The van der Waals surface area contributed by atoms with Crippen LogP contribution < -0.4 is 11.1 Å². The van der Waals surface area contributed by atoms with Gasteiger partial charge in [-0.1, -0.05) is 0 Å². The van der Waals surface area contributed by atoms with E-state index in [9.17, 15) is 4.79 Å². The van der Waals surface area contributed by atoms with Gasteiger partial charge in [-0.2, -0.15) is 0 Å². The van der Waals surface area contributed by atoms with Crippen LogP contribution in [-0.2, 0) is 4.79 Å². The zero-order valence-corrected chi connectivity index (χ0v) is 6.26. The van der Waals surface area contributed by atoms with E-state index >= 15 is 0 Å². The van der Waals surface area contributed by atoms with Crippen molar-refractivity contribution in [3.05, 3.63) is 0 Å². The van der Waals surface area contributed by atoms with Gasteiger partial charge in [0, 0.05) is 19.0 Å². The Morgan fingerprint density at radius 3 is 3.10 bits per heavy atom. The van der Waals surface area contributed by atoms with Gasteiger partial charge in [0.25, 0.3) is 0 Å². The predicted molar refractivity (Wildman–Crippen MR) is 39.7 cm³/mol. The molecule has 0 unspecified atom stereocenters. The Bertz CT molecular complexity index is 136. The van der Waals surface area contributed by atoms with Crippen LogP contribution in [0.25, 0.3) is 0 Å². The van der Waals surface area contributed by atoms with E-state index < -0.39 is 0 Å². The van der Waals surface area contributed by atoms with Gasteiger partial charge in [0.05, 0.1) is 6.04 Å².